The average Bonchev–Trinajstić information content (AvgIpc) is 2.51. The summed E-state index contributed by atoms with van der Waals surface area (Å²) in [5, 5.41) is 11.5. The summed E-state index contributed by atoms with van der Waals surface area (Å²) in [5.74, 6) is 0.0307. The molecule has 21 heavy (non-hydrogen) atoms. The third-order valence-electron chi connectivity index (χ3n) is 2.72. The summed E-state index contributed by atoms with van der Waals surface area (Å²) in [6.07, 6.45) is 0. The van der Waals surface area contributed by atoms with Crippen LogP contribution >= 0.6 is 27.7 Å². The Morgan fingerprint density at radius 3 is 2.67 bits per heavy atom. The second-order valence-corrected chi connectivity index (χ2v) is 5.85. The highest BCUT2D eigenvalue weighted by molar-refractivity contribution is 9.10. The summed E-state index contributed by atoms with van der Waals surface area (Å²) in [5.41, 5.74) is 5.78. The quantitative estimate of drug-likeness (QED) is 0.371. The highest BCUT2D eigenvalue weighted by atomic mass is 79.9. The van der Waals surface area contributed by atoms with Gasteiger partial charge in [-0.25, -0.2) is 4.39 Å². The number of ether oxygens (including phenoxy) is 1. The maximum Gasteiger partial charge on any atom is 0.171 e. The van der Waals surface area contributed by atoms with Gasteiger partial charge in [-0.2, -0.15) is 0 Å². The van der Waals surface area contributed by atoms with Crippen LogP contribution < -0.4 is 10.5 Å². The molecule has 0 aliphatic rings. The number of para-hydroxylation sites is 1. The molecule has 0 atom stereocenters. The topological polar surface area (TPSA) is 67.8 Å². The van der Waals surface area contributed by atoms with Crippen LogP contribution in [0.15, 0.2) is 55.8 Å². The molecule has 110 valence electrons. The largest absolute Gasteiger partial charge is 0.496 e. The Bertz CT molecular complexity index is 695. The Labute approximate surface area is 133 Å². The van der Waals surface area contributed by atoms with E-state index in [1.807, 2.05) is 18.2 Å². The zero-order valence-electron chi connectivity index (χ0n) is 11.0. The predicted molar refractivity (Wildman–Crippen MR) is 83.7 cm³/mol. The Balaban J connectivity index is 2.40. The van der Waals surface area contributed by atoms with E-state index in [2.05, 4.69) is 21.1 Å². The van der Waals surface area contributed by atoms with Gasteiger partial charge in [0.2, 0.25) is 0 Å². The van der Waals surface area contributed by atoms with Crippen molar-refractivity contribution in [2.24, 2.45) is 10.9 Å². The number of oxime groups is 1. The van der Waals surface area contributed by atoms with Gasteiger partial charge in [-0.05, 0) is 40.2 Å². The maximum atomic E-state index is 14.4. The molecule has 0 amide bonds. The third kappa shape index (κ3) is 3.30. The minimum absolute atomic E-state index is 0.151. The Hall–Kier alpha value is -1.73. The fraction of sp³-hybridized carbons (Fsp3) is 0.0714. The molecule has 0 bridgehead atoms. The summed E-state index contributed by atoms with van der Waals surface area (Å²) in [4.78, 5) is 1.20. The minimum Gasteiger partial charge on any atom is -0.496 e. The molecule has 7 heteroatoms. The molecule has 0 aromatic heterocycles. The minimum atomic E-state index is -0.477. The van der Waals surface area contributed by atoms with Crippen LogP contribution in [0.4, 0.5) is 4.39 Å². The number of hydrogen-bond donors (Lipinski definition) is 2. The molecule has 0 radical (unpaired) electrons. The van der Waals surface area contributed by atoms with Gasteiger partial charge in [0.1, 0.15) is 5.75 Å². The molecule has 2 rings (SSSR count). The van der Waals surface area contributed by atoms with Crippen LogP contribution in [0.2, 0.25) is 0 Å². The van der Waals surface area contributed by atoms with Crippen molar-refractivity contribution in [3.05, 3.63) is 52.3 Å². The molecular formula is C14H12BrFN2O2S. The molecule has 4 nitrogen and oxygen atoms in total. The lowest BCUT2D eigenvalue weighted by atomic mass is 10.2. The van der Waals surface area contributed by atoms with Crippen LogP contribution in [0, 0.1) is 5.82 Å². The first-order chi connectivity index (χ1) is 10.1. The number of methoxy groups -OCH3 is 1. The van der Waals surface area contributed by atoms with Crippen LogP contribution in [-0.2, 0) is 0 Å². The molecule has 0 aliphatic heterocycles. The Morgan fingerprint density at radius 1 is 1.29 bits per heavy atom. The van der Waals surface area contributed by atoms with Crippen molar-refractivity contribution in [2.75, 3.05) is 7.11 Å². The third-order valence-corrected chi connectivity index (χ3v) is 4.59. The molecule has 0 aliphatic carbocycles. The first kappa shape index (κ1) is 15.7. The standard InChI is InChI=1S/C14H12BrFN2O2S/c1-20-9-4-2-3-5-10(9)21-11-7-6-8(14(17)18-19)12(15)13(11)16/h2-7,19H,1H3,(H2,17,18). The van der Waals surface area contributed by atoms with Crippen LogP contribution in [0.1, 0.15) is 5.56 Å². The van der Waals surface area contributed by atoms with Crippen molar-refractivity contribution in [3.8, 4) is 5.75 Å². The van der Waals surface area contributed by atoms with E-state index in [1.165, 1.54) is 11.8 Å². The fourth-order valence-corrected chi connectivity index (χ4v) is 3.33. The Morgan fingerprint density at radius 2 is 2.00 bits per heavy atom. The van der Waals surface area contributed by atoms with Crippen LogP contribution in [0.25, 0.3) is 0 Å². The summed E-state index contributed by atoms with van der Waals surface area (Å²) in [6, 6.07) is 10.5. The van der Waals surface area contributed by atoms with E-state index >= 15 is 0 Å². The SMILES string of the molecule is COc1ccccc1Sc1ccc(/C(N)=N/O)c(Br)c1F. The lowest BCUT2D eigenvalue weighted by Gasteiger charge is -2.10. The van der Waals surface area contributed by atoms with Crippen molar-refractivity contribution in [1.29, 1.82) is 0 Å². The number of rotatable bonds is 4. The van der Waals surface area contributed by atoms with E-state index in [-0.39, 0.29) is 10.3 Å². The van der Waals surface area contributed by atoms with E-state index in [1.54, 1.807) is 25.3 Å². The van der Waals surface area contributed by atoms with Crippen LogP contribution in [0.5, 0.6) is 5.75 Å². The lowest BCUT2D eigenvalue weighted by molar-refractivity contribution is 0.318. The number of nitrogens with zero attached hydrogens (tertiary/aromatic N) is 1. The van der Waals surface area contributed by atoms with Gasteiger partial charge in [0.05, 0.1) is 16.5 Å². The van der Waals surface area contributed by atoms with Crippen molar-refractivity contribution in [3.63, 3.8) is 0 Å². The van der Waals surface area contributed by atoms with Gasteiger partial charge in [-0.3, -0.25) is 0 Å². The predicted octanol–water partition coefficient (Wildman–Crippen LogP) is 3.84. The summed E-state index contributed by atoms with van der Waals surface area (Å²) < 4.78 is 19.8. The van der Waals surface area contributed by atoms with E-state index < -0.39 is 5.82 Å². The zero-order valence-corrected chi connectivity index (χ0v) is 13.4. The van der Waals surface area contributed by atoms with E-state index in [9.17, 15) is 4.39 Å². The molecule has 0 saturated heterocycles. The summed E-state index contributed by atoms with van der Waals surface area (Å²) in [6.45, 7) is 0. The number of benzene rings is 2. The van der Waals surface area contributed by atoms with Crippen molar-refractivity contribution < 1.29 is 14.3 Å². The molecule has 0 saturated carbocycles. The normalized spacial score (nSPS) is 11.5. The highest BCUT2D eigenvalue weighted by Crippen LogP contribution is 2.38. The van der Waals surface area contributed by atoms with Crippen LogP contribution in [-0.4, -0.2) is 18.2 Å². The highest BCUT2D eigenvalue weighted by Gasteiger charge is 2.16. The second kappa shape index (κ2) is 6.82. The molecule has 2 aromatic rings. The first-order valence-corrected chi connectivity index (χ1v) is 7.46. The zero-order chi connectivity index (χ0) is 15.4. The van der Waals surface area contributed by atoms with Gasteiger partial charge >= 0.3 is 0 Å². The van der Waals surface area contributed by atoms with Gasteiger partial charge in [-0.1, -0.05) is 29.1 Å². The summed E-state index contributed by atoms with van der Waals surface area (Å²) in [7, 11) is 1.56. The van der Waals surface area contributed by atoms with Gasteiger partial charge in [-0.15, -0.1) is 0 Å². The van der Waals surface area contributed by atoms with Gasteiger partial charge in [0.25, 0.3) is 0 Å². The number of amidine groups is 1. The molecular weight excluding hydrogens is 359 g/mol. The van der Waals surface area contributed by atoms with Crippen molar-refractivity contribution in [2.45, 2.75) is 9.79 Å². The first-order valence-electron chi connectivity index (χ1n) is 5.85. The molecule has 3 N–H and O–H groups in total. The Kier molecular flexibility index (Phi) is 5.08. The maximum absolute atomic E-state index is 14.4. The second-order valence-electron chi connectivity index (χ2n) is 3.98. The number of hydrogen-bond acceptors (Lipinski definition) is 4. The molecule has 0 fully saturated rings. The van der Waals surface area contributed by atoms with E-state index in [0.29, 0.717) is 16.2 Å². The van der Waals surface area contributed by atoms with Gasteiger partial charge < -0.3 is 15.7 Å². The van der Waals surface area contributed by atoms with Crippen LogP contribution in [0.3, 0.4) is 0 Å². The van der Waals surface area contributed by atoms with Crippen molar-refractivity contribution >= 4 is 33.5 Å². The molecule has 0 unspecified atom stereocenters. The van der Waals surface area contributed by atoms with Gasteiger partial charge in [0, 0.05) is 10.5 Å². The smallest absolute Gasteiger partial charge is 0.171 e. The fourth-order valence-electron chi connectivity index (χ4n) is 1.68. The lowest BCUT2D eigenvalue weighted by Crippen LogP contribution is -2.14. The number of nitrogens with two attached hydrogens (primary N) is 1. The molecule has 2 aromatic carbocycles. The average molecular weight is 371 g/mol. The molecule has 0 heterocycles. The van der Waals surface area contributed by atoms with E-state index in [4.69, 9.17) is 15.7 Å². The molecule has 0 spiro atoms. The summed E-state index contributed by atoms with van der Waals surface area (Å²) >= 11 is 4.36. The monoisotopic (exact) mass is 370 g/mol. The number of halogens is 2. The van der Waals surface area contributed by atoms with Crippen molar-refractivity contribution in [1.82, 2.24) is 0 Å². The van der Waals surface area contributed by atoms with Gasteiger partial charge in [0.15, 0.2) is 11.7 Å². The van der Waals surface area contributed by atoms with E-state index in [0.717, 1.165) is 4.90 Å².